The van der Waals surface area contributed by atoms with E-state index in [0.717, 1.165) is 40.0 Å². The standard InChI is InChI=1S/C35H34N2O8/c1-4-33(38)44-18-6-5-17-43-30-14-12-26(13-15-30)34(45-40)29-11-10-27-19-24(7-9-28(27)21-29)22-36-37-23-25-8-16-32(41-2)31(20-25)35(39)42-3/h4,7-16,19-23,34,40H,1,5-6,17-18H2,2-3H3. The van der Waals surface area contributed by atoms with E-state index in [0.29, 0.717) is 42.3 Å². The van der Waals surface area contributed by atoms with Gasteiger partial charge in [0, 0.05) is 6.08 Å². The number of nitrogens with zero attached hydrogens (tertiary/aromatic N) is 2. The molecular formula is C35H34N2O8. The highest BCUT2D eigenvalue weighted by molar-refractivity contribution is 5.95. The van der Waals surface area contributed by atoms with Crippen molar-refractivity contribution in [3.8, 4) is 11.5 Å². The van der Waals surface area contributed by atoms with Crippen LogP contribution in [0.4, 0.5) is 0 Å². The van der Waals surface area contributed by atoms with Crippen molar-refractivity contribution in [3.05, 3.63) is 119 Å². The van der Waals surface area contributed by atoms with Crippen LogP contribution < -0.4 is 9.47 Å². The highest BCUT2D eigenvalue weighted by Gasteiger charge is 2.16. The van der Waals surface area contributed by atoms with Gasteiger partial charge in [-0.05, 0) is 88.3 Å². The van der Waals surface area contributed by atoms with E-state index in [1.165, 1.54) is 20.4 Å². The normalized spacial score (nSPS) is 11.9. The first kappa shape index (κ1) is 32.6. The summed E-state index contributed by atoms with van der Waals surface area (Å²) in [4.78, 5) is 27.9. The van der Waals surface area contributed by atoms with Gasteiger partial charge in [0.1, 0.15) is 23.2 Å². The number of unbranched alkanes of at least 4 members (excludes halogenated alkanes) is 1. The minimum atomic E-state index is -0.684. The molecule has 0 heterocycles. The average Bonchev–Trinajstić information content (AvgIpc) is 3.08. The third-order valence-corrected chi connectivity index (χ3v) is 6.81. The van der Waals surface area contributed by atoms with Crippen molar-refractivity contribution in [1.82, 2.24) is 0 Å². The molecule has 1 unspecified atom stereocenters. The number of esters is 2. The number of ether oxygens (including phenoxy) is 4. The molecule has 0 aliphatic heterocycles. The summed E-state index contributed by atoms with van der Waals surface area (Å²) in [6.07, 6.45) is 5.05. The molecule has 4 aromatic carbocycles. The second-order valence-corrected chi connectivity index (χ2v) is 9.79. The molecule has 0 fully saturated rings. The third-order valence-electron chi connectivity index (χ3n) is 6.81. The third kappa shape index (κ3) is 9.09. The average molecular weight is 611 g/mol. The second-order valence-electron chi connectivity index (χ2n) is 9.79. The van der Waals surface area contributed by atoms with Gasteiger partial charge in [-0.15, -0.1) is 0 Å². The van der Waals surface area contributed by atoms with E-state index in [9.17, 15) is 14.8 Å². The molecule has 0 amide bonds. The van der Waals surface area contributed by atoms with E-state index in [1.54, 1.807) is 24.4 Å². The SMILES string of the molecule is C=CC(=O)OCCCCOc1ccc(C(OO)c2ccc3cc(C=NN=Cc4ccc(OC)c(C(=O)OC)c4)ccc3c2)cc1. The Kier molecular flexibility index (Phi) is 12.0. The van der Waals surface area contributed by atoms with E-state index >= 15 is 0 Å². The predicted octanol–water partition coefficient (Wildman–Crippen LogP) is 6.56. The van der Waals surface area contributed by atoms with E-state index in [1.807, 2.05) is 60.7 Å². The molecule has 0 bridgehead atoms. The smallest absolute Gasteiger partial charge is 0.341 e. The Morgan fingerprint density at radius 3 is 2.16 bits per heavy atom. The lowest BCUT2D eigenvalue weighted by atomic mass is 9.97. The number of methoxy groups -OCH3 is 2. The molecule has 4 aromatic rings. The van der Waals surface area contributed by atoms with E-state index < -0.39 is 18.0 Å². The maximum absolute atomic E-state index is 12.0. The molecule has 45 heavy (non-hydrogen) atoms. The zero-order valence-electron chi connectivity index (χ0n) is 25.0. The monoisotopic (exact) mass is 610 g/mol. The first-order chi connectivity index (χ1) is 21.9. The van der Waals surface area contributed by atoms with Crippen molar-refractivity contribution in [2.75, 3.05) is 27.4 Å². The summed E-state index contributed by atoms with van der Waals surface area (Å²) in [5.41, 5.74) is 3.36. The predicted molar refractivity (Wildman–Crippen MR) is 171 cm³/mol. The van der Waals surface area contributed by atoms with Gasteiger partial charge in [0.05, 0.1) is 39.9 Å². The molecule has 0 saturated heterocycles. The Labute approximate surface area is 261 Å². The number of fused-ring (bicyclic) bond motifs is 1. The molecule has 1 atom stereocenters. The molecule has 0 saturated carbocycles. The summed E-state index contributed by atoms with van der Waals surface area (Å²) in [7, 11) is 2.80. The van der Waals surface area contributed by atoms with Crippen molar-refractivity contribution in [2.45, 2.75) is 18.9 Å². The van der Waals surface area contributed by atoms with Crippen molar-refractivity contribution < 1.29 is 38.7 Å². The molecule has 232 valence electrons. The van der Waals surface area contributed by atoms with Crippen LogP contribution in [0.25, 0.3) is 10.8 Å². The first-order valence-corrected chi connectivity index (χ1v) is 14.1. The fourth-order valence-corrected chi connectivity index (χ4v) is 4.48. The summed E-state index contributed by atoms with van der Waals surface area (Å²) >= 11 is 0. The zero-order chi connectivity index (χ0) is 32.0. The van der Waals surface area contributed by atoms with E-state index in [2.05, 4.69) is 16.8 Å². The van der Waals surface area contributed by atoms with E-state index in [4.69, 9.17) is 23.8 Å². The largest absolute Gasteiger partial charge is 0.496 e. The molecule has 0 spiro atoms. The lowest BCUT2D eigenvalue weighted by Crippen LogP contribution is -2.05. The first-order valence-electron chi connectivity index (χ1n) is 14.1. The Balaban J connectivity index is 1.36. The number of hydrogen-bond donors (Lipinski definition) is 1. The van der Waals surface area contributed by atoms with Crippen LogP contribution in [0.3, 0.4) is 0 Å². The molecule has 10 heteroatoms. The summed E-state index contributed by atoms with van der Waals surface area (Å²) in [5.74, 6) is 0.168. The van der Waals surface area contributed by atoms with Gasteiger partial charge < -0.3 is 18.9 Å². The molecule has 4 rings (SSSR count). The Hall–Kier alpha value is -5.32. The molecule has 0 radical (unpaired) electrons. The molecular weight excluding hydrogens is 576 g/mol. The van der Waals surface area contributed by atoms with Crippen LogP contribution in [-0.4, -0.2) is 57.1 Å². The Bertz CT molecular complexity index is 1680. The zero-order valence-corrected chi connectivity index (χ0v) is 25.0. The van der Waals surface area contributed by atoms with Gasteiger partial charge in [-0.2, -0.15) is 10.2 Å². The fraction of sp³-hybridized carbons (Fsp3) is 0.200. The Morgan fingerprint density at radius 2 is 1.47 bits per heavy atom. The van der Waals surface area contributed by atoms with Crippen LogP contribution in [-0.2, 0) is 19.2 Å². The molecule has 0 aliphatic rings. The maximum Gasteiger partial charge on any atom is 0.341 e. The molecule has 10 nitrogen and oxygen atoms in total. The lowest BCUT2D eigenvalue weighted by Gasteiger charge is -2.16. The van der Waals surface area contributed by atoms with E-state index in [-0.39, 0.29) is 0 Å². The number of carbonyl (C=O) groups excluding carboxylic acids is 2. The van der Waals surface area contributed by atoms with Crippen molar-refractivity contribution >= 4 is 35.1 Å². The fourth-order valence-electron chi connectivity index (χ4n) is 4.48. The minimum Gasteiger partial charge on any atom is -0.496 e. The summed E-state index contributed by atoms with van der Waals surface area (Å²) < 4.78 is 20.7. The van der Waals surface area contributed by atoms with Gasteiger partial charge in [-0.25, -0.2) is 14.5 Å². The van der Waals surface area contributed by atoms with Crippen LogP contribution in [0.2, 0.25) is 0 Å². The van der Waals surface area contributed by atoms with Crippen LogP contribution in [0.15, 0.2) is 102 Å². The number of hydrogen-bond acceptors (Lipinski definition) is 10. The minimum absolute atomic E-state index is 0.302. The van der Waals surface area contributed by atoms with Gasteiger partial charge in [-0.3, -0.25) is 5.26 Å². The lowest BCUT2D eigenvalue weighted by molar-refractivity contribution is -0.270. The van der Waals surface area contributed by atoms with Crippen LogP contribution >= 0.6 is 0 Å². The maximum atomic E-state index is 12.0. The van der Waals surface area contributed by atoms with Crippen molar-refractivity contribution in [1.29, 1.82) is 0 Å². The van der Waals surface area contributed by atoms with Gasteiger partial charge in [0.2, 0.25) is 0 Å². The molecule has 1 N–H and O–H groups in total. The summed E-state index contributed by atoms with van der Waals surface area (Å²) in [5, 5.41) is 19.9. The van der Waals surface area contributed by atoms with Crippen molar-refractivity contribution in [2.24, 2.45) is 10.2 Å². The van der Waals surface area contributed by atoms with Gasteiger partial charge in [-0.1, -0.05) is 43.0 Å². The van der Waals surface area contributed by atoms with Crippen LogP contribution in [0, 0.1) is 0 Å². The number of carbonyl (C=O) groups is 2. The number of benzene rings is 4. The Morgan fingerprint density at radius 1 is 0.822 bits per heavy atom. The highest BCUT2D eigenvalue weighted by Crippen LogP contribution is 2.30. The van der Waals surface area contributed by atoms with Gasteiger partial charge in [0.25, 0.3) is 0 Å². The quantitative estimate of drug-likeness (QED) is 0.0401. The summed E-state index contributed by atoms with van der Waals surface area (Å²) in [6.45, 7) is 4.17. The molecule has 0 aromatic heterocycles. The van der Waals surface area contributed by atoms with Gasteiger partial charge in [0.15, 0.2) is 0 Å². The second kappa shape index (κ2) is 16.5. The topological polar surface area (TPSA) is 125 Å². The number of rotatable bonds is 15. The van der Waals surface area contributed by atoms with Gasteiger partial charge >= 0.3 is 11.9 Å². The summed E-state index contributed by atoms with van der Waals surface area (Å²) in [6, 6.07) is 24.0. The highest BCUT2D eigenvalue weighted by atomic mass is 17.1. The van der Waals surface area contributed by atoms with Crippen LogP contribution in [0.1, 0.15) is 51.6 Å². The molecule has 0 aliphatic carbocycles. The van der Waals surface area contributed by atoms with Crippen LogP contribution in [0.5, 0.6) is 11.5 Å². The van der Waals surface area contributed by atoms with Crippen molar-refractivity contribution in [3.63, 3.8) is 0 Å².